The third-order valence-electron chi connectivity index (χ3n) is 4.11. The molecule has 0 saturated heterocycles. The zero-order valence-electron chi connectivity index (χ0n) is 16.1. The number of nitrogens with one attached hydrogen (secondary N) is 2. The molecule has 0 spiro atoms. The van der Waals surface area contributed by atoms with Crippen LogP contribution in [0.4, 0.5) is 4.39 Å². The van der Waals surface area contributed by atoms with Gasteiger partial charge >= 0.3 is 5.97 Å². The highest BCUT2D eigenvalue weighted by Gasteiger charge is 2.20. The highest BCUT2D eigenvalue weighted by Crippen LogP contribution is 2.30. The summed E-state index contributed by atoms with van der Waals surface area (Å²) in [5, 5.41) is 8.56. The van der Waals surface area contributed by atoms with E-state index in [-0.39, 0.29) is 30.8 Å². The summed E-state index contributed by atoms with van der Waals surface area (Å²) < 4.78 is 54.7. The molecule has 2 aromatic rings. The van der Waals surface area contributed by atoms with E-state index in [1.54, 1.807) is 0 Å². The van der Waals surface area contributed by atoms with E-state index in [9.17, 15) is 22.4 Å². The number of rotatable bonds is 9. The van der Waals surface area contributed by atoms with E-state index in [4.69, 9.17) is 19.3 Å². The van der Waals surface area contributed by atoms with E-state index in [1.165, 1.54) is 18.2 Å². The van der Waals surface area contributed by atoms with Crippen LogP contribution in [0.25, 0.3) is 0 Å². The highest BCUT2D eigenvalue weighted by atomic mass is 32.2. The van der Waals surface area contributed by atoms with Gasteiger partial charge in [-0.1, -0.05) is 0 Å². The Hall–Kier alpha value is -3.38. The number of ether oxygens (including phenoxy) is 3. The number of benzene rings is 2. The van der Waals surface area contributed by atoms with Crippen molar-refractivity contribution in [3.8, 4) is 17.2 Å². The van der Waals surface area contributed by atoms with Crippen molar-refractivity contribution in [2.75, 3.05) is 19.8 Å². The van der Waals surface area contributed by atoms with Crippen molar-refractivity contribution < 1.29 is 41.7 Å². The van der Waals surface area contributed by atoms with E-state index in [2.05, 4.69) is 0 Å². The number of carboxylic acid groups (broad SMARTS) is 1. The van der Waals surface area contributed by atoms with Gasteiger partial charge in [0.05, 0.1) is 11.5 Å². The van der Waals surface area contributed by atoms with Crippen molar-refractivity contribution in [2.45, 2.75) is 17.7 Å². The van der Waals surface area contributed by atoms with Crippen molar-refractivity contribution >= 4 is 21.9 Å². The molecule has 31 heavy (non-hydrogen) atoms. The summed E-state index contributed by atoms with van der Waals surface area (Å²) in [6, 6.07) is 7.30. The highest BCUT2D eigenvalue weighted by molar-refractivity contribution is 7.89. The number of amides is 1. The molecule has 3 rings (SSSR count). The maximum absolute atomic E-state index is 14.1. The van der Waals surface area contributed by atoms with E-state index in [0.717, 1.165) is 18.2 Å². The first-order valence-electron chi connectivity index (χ1n) is 9.12. The zero-order valence-corrected chi connectivity index (χ0v) is 16.9. The first-order valence-corrected chi connectivity index (χ1v) is 10.6. The molecule has 12 heteroatoms. The number of hydrazine groups is 1. The molecule has 0 atom stereocenters. The van der Waals surface area contributed by atoms with Gasteiger partial charge in [-0.2, -0.15) is 0 Å². The molecule has 1 aliphatic rings. The van der Waals surface area contributed by atoms with Crippen molar-refractivity contribution in [3.63, 3.8) is 0 Å². The maximum Gasteiger partial charge on any atom is 0.303 e. The van der Waals surface area contributed by atoms with Crippen LogP contribution in [0.1, 0.15) is 23.2 Å². The Morgan fingerprint density at radius 3 is 2.55 bits per heavy atom. The van der Waals surface area contributed by atoms with Crippen LogP contribution in [0.5, 0.6) is 17.2 Å². The van der Waals surface area contributed by atoms with Gasteiger partial charge in [-0.3, -0.25) is 15.0 Å². The molecule has 0 unspecified atom stereocenters. The fourth-order valence-electron chi connectivity index (χ4n) is 2.60. The number of hydrogen-bond acceptors (Lipinski definition) is 7. The second kappa shape index (κ2) is 9.62. The lowest BCUT2D eigenvalue weighted by molar-refractivity contribution is -0.137. The van der Waals surface area contributed by atoms with Gasteiger partial charge in [0.15, 0.2) is 23.1 Å². The van der Waals surface area contributed by atoms with Gasteiger partial charge in [0.1, 0.15) is 13.2 Å². The summed E-state index contributed by atoms with van der Waals surface area (Å²) in [4.78, 5) is 24.2. The molecular weight excluding hydrogens is 435 g/mol. The van der Waals surface area contributed by atoms with E-state index < -0.39 is 32.6 Å². The number of sulfonamides is 1. The number of fused-ring (bicyclic) bond motifs is 1. The van der Waals surface area contributed by atoms with E-state index in [0.29, 0.717) is 24.7 Å². The van der Waals surface area contributed by atoms with Crippen LogP contribution < -0.4 is 24.5 Å². The molecule has 0 aromatic heterocycles. The SMILES string of the molecule is O=C(O)CCCOc1ccc(S(=O)(=O)NNC(=O)c2ccc3c(c2)OCCO3)cc1F. The Morgan fingerprint density at radius 2 is 1.84 bits per heavy atom. The fraction of sp³-hybridized carbons (Fsp3) is 0.263. The second-order valence-corrected chi connectivity index (χ2v) is 8.04. The summed E-state index contributed by atoms with van der Waals surface area (Å²) in [5.41, 5.74) is 2.18. The van der Waals surface area contributed by atoms with Gasteiger partial charge < -0.3 is 19.3 Å². The van der Waals surface area contributed by atoms with Gasteiger partial charge in [-0.15, -0.1) is 4.83 Å². The first-order chi connectivity index (χ1) is 14.8. The Kier molecular flexibility index (Phi) is 6.92. The Balaban J connectivity index is 1.60. The van der Waals surface area contributed by atoms with Crippen molar-refractivity contribution in [2.24, 2.45) is 0 Å². The van der Waals surface area contributed by atoms with Gasteiger partial charge in [0.2, 0.25) is 0 Å². The third-order valence-corrected chi connectivity index (χ3v) is 5.35. The molecule has 0 radical (unpaired) electrons. The summed E-state index contributed by atoms with van der Waals surface area (Å²) in [6.07, 6.45) is 0.0311. The van der Waals surface area contributed by atoms with Crippen molar-refractivity contribution in [1.29, 1.82) is 0 Å². The van der Waals surface area contributed by atoms with Crippen LogP contribution in [0.15, 0.2) is 41.3 Å². The smallest absolute Gasteiger partial charge is 0.303 e. The minimum Gasteiger partial charge on any atom is -0.491 e. The van der Waals surface area contributed by atoms with E-state index >= 15 is 0 Å². The van der Waals surface area contributed by atoms with Gasteiger partial charge in [0, 0.05) is 12.0 Å². The molecule has 2 aromatic carbocycles. The molecule has 1 aliphatic heterocycles. The van der Waals surface area contributed by atoms with E-state index in [1.807, 2.05) is 10.3 Å². The zero-order chi connectivity index (χ0) is 22.4. The lowest BCUT2D eigenvalue weighted by atomic mass is 10.2. The lowest BCUT2D eigenvalue weighted by Gasteiger charge is -2.18. The average Bonchev–Trinajstić information content (AvgIpc) is 2.75. The maximum atomic E-state index is 14.1. The topological polar surface area (TPSA) is 140 Å². The lowest BCUT2D eigenvalue weighted by Crippen LogP contribution is -2.41. The van der Waals surface area contributed by atoms with Gasteiger partial charge in [-0.25, -0.2) is 12.8 Å². The molecular formula is C19H19FN2O8S. The van der Waals surface area contributed by atoms with Crippen LogP contribution in [0, 0.1) is 5.82 Å². The second-order valence-electron chi connectivity index (χ2n) is 6.36. The van der Waals surface area contributed by atoms with Crippen molar-refractivity contribution in [3.05, 3.63) is 47.8 Å². The van der Waals surface area contributed by atoms with Gasteiger partial charge in [0.25, 0.3) is 15.9 Å². The molecule has 1 heterocycles. The van der Waals surface area contributed by atoms with Crippen LogP contribution in [0.2, 0.25) is 0 Å². The summed E-state index contributed by atoms with van der Waals surface area (Å²) >= 11 is 0. The molecule has 166 valence electrons. The van der Waals surface area contributed by atoms with Crippen molar-refractivity contribution in [1.82, 2.24) is 10.3 Å². The minimum absolute atomic E-state index is 0.0425. The van der Waals surface area contributed by atoms with Crippen LogP contribution in [0.3, 0.4) is 0 Å². The number of hydrogen-bond donors (Lipinski definition) is 3. The first kappa shape index (κ1) is 22.3. The summed E-state index contributed by atoms with van der Waals surface area (Å²) in [7, 11) is -4.27. The van der Waals surface area contributed by atoms with Gasteiger partial charge in [-0.05, 0) is 42.8 Å². The molecule has 0 aliphatic carbocycles. The predicted molar refractivity (Wildman–Crippen MR) is 104 cm³/mol. The normalized spacial score (nSPS) is 12.8. The molecule has 1 amide bonds. The molecule has 3 N–H and O–H groups in total. The number of halogens is 1. The Bertz CT molecular complexity index is 1090. The number of carbonyl (C=O) groups excluding carboxylic acids is 1. The summed E-state index contributed by atoms with van der Waals surface area (Å²) in [6.45, 7) is 0.676. The Labute approximate surface area is 176 Å². The number of carboxylic acids is 1. The molecule has 0 fully saturated rings. The largest absolute Gasteiger partial charge is 0.491 e. The monoisotopic (exact) mass is 454 g/mol. The predicted octanol–water partition coefficient (Wildman–Crippen LogP) is 1.46. The van der Waals surface area contributed by atoms with Crippen LogP contribution in [-0.2, 0) is 14.8 Å². The standard InChI is InChI=1S/C19H19FN2O8S/c20-14-11-13(4-6-15(14)28-7-1-2-18(23)24)31(26,27)22-21-19(25)12-3-5-16-17(10-12)30-9-8-29-16/h3-6,10-11,22H,1-2,7-9H2,(H,21,25)(H,23,24). The molecule has 10 nitrogen and oxygen atoms in total. The molecule has 0 saturated carbocycles. The van der Waals surface area contributed by atoms with Crippen LogP contribution >= 0.6 is 0 Å². The number of aliphatic carboxylic acids is 1. The minimum atomic E-state index is -4.27. The Morgan fingerprint density at radius 1 is 1.10 bits per heavy atom. The fourth-order valence-corrected chi connectivity index (χ4v) is 3.45. The third kappa shape index (κ3) is 5.83. The summed E-state index contributed by atoms with van der Waals surface area (Å²) in [5.74, 6) is -2.08. The van der Waals surface area contributed by atoms with Crippen LogP contribution in [-0.4, -0.2) is 45.2 Å². The number of carbonyl (C=O) groups is 2. The average molecular weight is 454 g/mol. The quantitative estimate of drug-likeness (QED) is 0.382. The molecule has 0 bridgehead atoms.